The Kier molecular flexibility index (Phi) is 2.33. The average molecular weight is 191 g/mol. The molecule has 2 aliphatic rings. The van der Waals surface area contributed by atoms with Crippen molar-refractivity contribution in [1.82, 2.24) is 5.32 Å². The number of ketones is 2. The van der Waals surface area contributed by atoms with Crippen LogP contribution in [0.3, 0.4) is 0 Å². The molecule has 0 saturated carbocycles. The van der Waals surface area contributed by atoms with Crippen LogP contribution in [-0.2, 0) is 9.59 Å². The van der Waals surface area contributed by atoms with E-state index in [4.69, 9.17) is 0 Å². The number of carbonyl (C=O) groups is 2. The van der Waals surface area contributed by atoms with Crippen molar-refractivity contribution in [3.63, 3.8) is 0 Å². The largest absolute Gasteiger partial charge is 0.307 e. The van der Waals surface area contributed by atoms with Crippen LogP contribution in [0.25, 0.3) is 0 Å². The van der Waals surface area contributed by atoms with Crippen LogP contribution in [0.5, 0.6) is 0 Å². The van der Waals surface area contributed by atoms with E-state index in [1.54, 1.807) is 0 Å². The topological polar surface area (TPSA) is 56.1 Å². The lowest BCUT2D eigenvalue weighted by molar-refractivity contribution is -0.115. The number of allylic oxidation sites excluding steroid dienone is 3. The molecule has 1 heterocycles. The van der Waals surface area contributed by atoms with Gasteiger partial charge in [0.25, 0.3) is 0 Å². The number of rotatable bonds is 3. The molecule has 0 aromatic heterocycles. The van der Waals surface area contributed by atoms with Crippen LogP contribution < -0.4 is 5.32 Å². The van der Waals surface area contributed by atoms with Crippen molar-refractivity contribution in [2.75, 3.05) is 6.54 Å². The third-order valence-corrected chi connectivity index (χ3v) is 2.50. The van der Waals surface area contributed by atoms with Gasteiger partial charge in [0, 0.05) is 23.7 Å². The smallest absolute Gasteiger partial charge is 0.184 e. The highest BCUT2D eigenvalue weighted by atomic mass is 16.1. The first-order valence-electron chi connectivity index (χ1n) is 4.96. The number of hydrogen-bond donors (Lipinski definition) is 1. The maximum absolute atomic E-state index is 11.6. The van der Waals surface area contributed by atoms with Crippen molar-refractivity contribution in [3.05, 3.63) is 23.3 Å². The molecule has 2 rings (SSSR count). The highest BCUT2D eigenvalue weighted by molar-refractivity contribution is 6.20. The van der Waals surface area contributed by atoms with E-state index in [0.29, 0.717) is 17.6 Å². The van der Waals surface area contributed by atoms with Crippen molar-refractivity contribution in [2.45, 2.75) is 25.8 Å². The molecule has 1 N–H and O–H groups in total. The van der Waals surface area contributed by atoms with Gasteiger partial charge in [-0.25, -0.2) is 0 Å². The molecule has 74 valence electrons. The molecule has 1 aliphatic carbocycles. The Morgan fingerprint density at radius 1 is 1.36 bits per heavy atom. The molecule has 1 atom stereocenters. The highest BCUT2D eigenvalue weighted by Gasteiger charge is 2.32. The molecule has 14 heavy (non-hydrogen) atoms. The third kappa shape index (κ3) is 1.68. The number of carbonyl (C=O) groups excluding carboxylic acids is 2. The second-order valence-electron chi connectivity index (χ2n) is 3.71. The molecule has 3 heteroatoms. The maximum Gasteiger partial charge on any atom is 0.184 e. The van der Waals surface area contributed by atoms with Crippen molar-refractivity contribution in [3.8, 4) is 0 Å². The monoisotopic (exact) mass is 191 g/mol. The first kappa shape index (κ1) is 9.34. The summed E-state index contributed by atoms with van der Waals surface area (Å²) >= 11 is 0. The number of hydrogen-bond acceptors (Lipinski definition) is 3. The van der Waals surface area contributed by atoms with Crippen LogP contribution in [0.4, 0.5) is 0 Å². The van der Waals surface area contributed by atoms with Gasteiger partial charge >= 0.3 is 0 Å². The zero-order chi connectivity index (χ0) is 10.1. The Balaban J connectivity index is 2.18. The molecule has 1 unspecified atom stereocenters. The van der Waals surface area contributed by atoms with Crippen LogP contribution in [0.15, 0.2) is 23.3 Å². The fraction of sp³-hybridized carbons (Fsp3) is 0.455. The fourth-order valence-corrected chi connectivity index (χ4v) is 1.63. The van der Waals surface area contributed by atoms with Crippen LogP contribution in [0.2, 0.25) is 0 Å². The predicted molar refractivity (Wildman–Crippen MR) is 52.9 cm³/mol. The minimum Gasteiger partial charge on any atom is -0.307 e. The molecule has 0 amide bonds. The normalized spacial score (nSPS) is 25.9. The van der Waals surface area contributed by atoms with E-state index in [9.17, 15) is 9.59 Å². The van der Waals surface area contributed by atoms with Gasteiger partial charge in [0.2, 0.25) is 0 Å². The fourth-order valence-electron chi connectivity index (χ4n) is 1.63. The van der Waals surface area contributed by atoms with Crippen LogP contribution in [0, 0.1) is 0 Å². The summed E-state index contributed by atoms with van der Waals surface area (Å²) in [6, 6.07) is 0.130. The summed E-state index contributed by atoms with van der Waals surface area (Å²) in [5.41, 5.74) is 1.29. The lowest BCUT2D eigenvalue weighted by Gasteiger charge is -2.09. The molecular formula is C11H13NO2. The molecule has 0 aromatic rings. The van der Waals surface area contributed by atoms with E-state index in [0.717, 1.165) is 13.0 Å². The predicted octanol–water partition coefficient (Wildman–Crippen LogP) is 0.763. The standard InChI is InChI=1S/C11H13NO2/c1-2-3-7-4-11(14)8(5-10(7)13)9-6-12-9/h4-5,9,12H,2-3,6H2,1H3. The van der Waals surface area contributed by atoms with Gasteiger partial charge in [-0.2, -0.15) is 0 Å². The van der Waals surface area contributed by atoms with Gasteiger partial charge in [-0.05, 0) is 18.6 Å². The van der Waals surface area contributed by atoms with Crippen LogP contribution >= 0.6 is 0 Å². The van der Waals surface area contributed by atoms with Gasteiger partial charge in [-0.3, -0.25) is 9.59 Å². The zero-order valence-electron chi connectivity index (χ0n) is 8.17. The maximum atomic E-state index is 11.6. The highest BCUT2D eigenvalue weighted by Crippen LogP contribution is 2.21. The molecule has 0 aromatic carbocycles. The quantitative estimate of drug-likeness (QED) is 0.529. The summed E-state index contributed by atoms with van der Waals surface area (Å²) < 4.78 is 0. The van der Waals surface area contributed by atoms with Gasteiger partial charge in [-0.1, -0.05) is 13.3 Å². The first-order chi connectivity index (χ1) is 6.72. The molecule has 0 spiro atoms. The summed E-state index contributed by atoms with van der Waals surface area (Å²) in [7, 11) is 0. The Bertz CT molecular complexity index is 348. The molecule has 0 bridgehead atoms. The lowest BCUT2D eigenvalue weighted by Crippen LogP contribution is -2.17. The van der Waals surface area contributed by atoms with Crippen molar-refractivity contribution >= 4 is 11.6 Å². The van der Waals surface area contributed by atoms with E-state index in [-0.39, 0.29) is 17.6 Å². The molecule has 3 nitrogen and oxygen atoms in total. The van der Waals surface area contributed by atoms with E-state index >= 15 is 0 Å². The summed E-state index contributed by atoms with van der Waals surface area (Å²) in [5, 5.41) is 3.03. The van der Waals surface area contributed by atoms with Gasteiger partial charge < -0.3 is 5.32 Å². The number of nitrogens with one attached hydrogen (secondary N) is 1. The summed E-state index contributed by atoms with van der Waals surface area (Å²) in [4.78, 5) is 23.1. The van der Waals surface area contributed by atoms with Gasteiger partial charge in [-0.15, -0.1) is 0 Å². The minimum atomic E-state index is 0.00282. The van der Waals surface area contributed by atoms with Crippen LogP contribution in [0.1, 0.15) is 19.8 Å². The van der Waals surface area contributed by atoms with E-state index < -0.39 is 0 Å². The minimum absolute atomic E-state index is 0.00282. The zero-order valence-corrected chi connectivity index (χ0v) is 8.17. The summed E-state index contributed by atoms with van der Waals surface area (Å²) in [6.45, 7) is 2.82. The molecule has 1 aliphatic heterocycles. The molecule has 1 saturated heterocycles. The van der Waals surface area contributed by atoms with Crippen molar-refractivity contribution < 1.29 is 9.59 Å². The van der Waals surface area contributed by atoms with Crippen molar-refractivity contribution in [1.29, 1.82) is 0 Å². The van der Waals surface area contributed by atoms with Gasteiger partial charge in [0.1, 0.15) is 0 Å². The second-order valence-corrected chi connectivity index (χ2v) is 3.71. The Morgan fingerprint density at radius 3 is 2.64 bits per heavy atom. The first-order valence-corrected chi connectivity index (χ1v) is 4.96. The van der Waals surface area contributed by atoms with E-state index in [2.05, 4.69) is 5.32 Å². The van der Waals surface area contributed by atoms with E-state index in [1.807, 2.05) is 6.92 Å². The van der Waals surface area contributed by atoms with Gasteiger partial charge in [0.15, 0.2) is 11.6 Å². The second kappa shape index (κ2) is 3.50. The lowest BCUT2D eigenvalue weighted by atomic mass is 9.93. The van der Waals surface area contributed by atoms with Crippen LogP contribution in [-0.4, -0.2) is 24.2 Å². The SMILES string of the molecule is CCCC1=CC(=O)C(C2CN2)=CC1=O. The summed E-state index contributed by atoms with van der Waals surface area (Å²) in [5.74, 6) is 0.0122. The average Bonchev–Trinajstić information content (AvgIpc) is 2.94. The molecular weight excluding hydrogens is 178 g/mol. The Morgan fingerprint density at radius 2 is 2.07 bits per heavy atom. The Hall–Kier alpha value is -1.22. The van der Waals surface area contributed by atoms with E-state index in [1.165, 1.54) is 12.2 Å². The Labute approximate surface area is 82.9 Å². The van der Waals surface area contributed by atoms with Gasteiger partial charge in [0.05, 0.1) is 0 Å². The molecule has 1 fully saturated rings. The van der Waals surface area contributed by atoms with Crippen molar-refractivity contribution in [2.24, 2.45) is 0 Å². The third-order valence-electron chi connectivity index (χ3n) is 2.50. The summed E-state index contributed by atoms with van der Waals surface area (Å²) in [6.07, 6.45) is 4.60. The molecule has 0 radical (unpaired) electrons.